The molecule has 0 N–H and O–H groups in total. The molecule has 0 atom stereocenters. The van der Waals surface area contributed by atoms with Gasteiger partial charge in [-0.15, -0.1) is 6.42 Å². The smallest absolute Gasteiger partial charge is 0.0504 e. The summed E-state index contributed by atoms with van der Waals surface area (Å²) in [6, 6.07) is 15.9. The molecule has 2 aromatic rings. The summed E-state index contributed by atoms with van der Waals surface area (Å²) < 4.78 is 0. The number of benzene rings is 2. The number of aryl methyl sites for hydroxylation is 1. The first-order chi connectivity index (χ1) is 11.6. The van der Waals surface area contributed by atoms with Crippen LogP contribution in [0, 0.1) is 12.3 Å². The van der Waals surface area contributed by atoms with Crippen molar-refractivity contribution in [3.8, 4) is 12.3 Å². The third-order valence-electron chi connectivity index (χ3n) is 5.50. The molecule has 25 heavy (non-hydrogen) atoms. The van der Waals surface area contributed by atoms with Gasteiger partial charge in [-0.1, -0.05) is 83.0 Å². The van der Waals surface area contributed by atoms with E-state index in [2.05, 4.69) is 96.9 Å². The molecular weight excluding hydrogens is 300 g/mol. The van der Waals surface area contributed by atoms with Crippen molar-refractivity contribution in [2.75, 3.05) is 0 Å². The molecule has 0 fully saturated rings. The Morgan fingerprint density at radius 2 is 1.44 bits per heavy atom. The van der Waals surface area contributed by atoms with E-state index in [0.717, 1.165) is 6.42 Å². The van der Waals surface area contributed by atoms with Gasteiger partial charge >= 0.3 is 0 Å². The lowest BCUT2D eigenvalue weighted by Crippen LogP contribution is -2.21. The molecule has 0 unspecified atom stereocenters. The van der Waals surface area contributed by atoms with E-state index >= 15 is 0 Å². The molecule has 0 amide bonds. The van der Waals surface area contributed by atoms with Crippen molar-refractivity contribution >= 4 is 0 Å². The summed E-state index contributed by atoms with van der Waals surface area (Å²) >= 11 is 0. The Morgan fingerprint density at radius 1 is 0.880 bits per heavy atom. The highest BCUT2D eigenvalue weighted by Gasteiger charge is 2.25. The lowest BCUT2D eigenvalue weighted by atomic mass is 9.75. The van der Waals surface area contributed by atoms with Crippen molar-refractivity contribution < 1.29 is 0 Å². The predicted molar refractivity (Wildman–Crippen MR) is 110 cm³/mol. The summed E-state index contributed by atoms with van der Waals surface area (Å²) in [5, 5.41) is 0. The van der Waals surface area contributed by atoms with Crippen LogP contribution in [0.1, 0.15) is 82.2 Å². The molecule has 0 heteroatoms. The maximum Gasteiger partial charge on any atom is 0.0504 e. The summed E-state index contributed by atoms with van der Waals surface area (Å²) in [6.07, 6.45) is 6.75. The first kappa shape index (κ1) is 19.3. The predicted octanol–water partition coefficient (Wildman–Crippen LogP) is 6.61. The third-order valence-corrected chi connectivity index (χ3v) is 5.50. The van der Waals surface area contributed by atoms with Crippen LogP contribution in [-0.2, 0) is 17.3 Å². The molecule has 0 radical (unpaired) electrons. The molecule has 0 spiro atoms. The second kappa shape index (κ2) is 7.09. The fraction of sp³-hybridized carbons (Fsp3) is 0.440. The zero-order chi connectivity index (χ0) is 18.8. The maximum absolute atomic E-state index is 5.68. The molecule has 2 aromatic carbocycles. The van der Waals surface area contributed by atoms with Crippen LogP contribution >= 0.6 is 0 Å². The Hall–Kier alpha value is -2.00. The first-order valence-electron chi connectivity index (χ1n) is 9.35. The van der Waals surface area contributed by atoms with Gasteiger partial charge in [0.25, 0.3) is 0 Å². The summed E-state index contributed by atoms with van der Waals surface area (Å²) in [5.74, 6) is 3.42. The Kier molecular flexibility index (Phi) is 5.48. The highest BCUT2D eigenvalue weighted by Crippen LogP contribution is 2.35. The minimum atomic E-state index is -0.227. The number of terminal acetylenes is 1. The molecule has 0 aliphatic rings. The fourth-order valence-corrected chi connectivity index (χ4v) is 3.17. The summed E-state index contributed by atoms with van der Waals surface area (Å²) in [5.41, 5.74) is 6.49. The van der Waals surface area contributed by atoms with E-state index < -0.39 is 0 Å². The molecule has 0 aromatic heterocycles. The normalized spacial score (nSPS) is 12.3. The van der Waals surface area contributed by atoms with Gasteiger partial charge < -0.3 is 0 Å². The Balaban J connectivity index is 2.48. The van der Waals surface area contributed by atoms with E-state index in [1.54, 1.807) is 0 Å². The van der Waals surface area contributed by atoms with Crippen molar-refractivity contribution in [3.05, 3.63) is 70.3 Å². The molecular formula is C25H32. The summed E-state index contributed by atoms with van der Waals surface area (Å²) in [7, 11) is 0. The Bertz CT molecular complexity index is 765. The van der Waals surface area contributed by atoms with Crippen molar-refractivity contribution in [2.45, 2.75) is 71.6 Å². The number of hydrogen-bond acceptors (Lipinski definition) is 0. The van der Waals surface area contributed by atoms with Crippen LogP contribution in [0.2, 0.25) is 0 Å². The van der Waals surface area contributed by atoms with E-state index in [9.17, 15) is 0 Å². The van der Waals surface area contributed by atoms with Gasteiger partial charge in [0, 0.05) is 5.41 Å². The van der Waals surface area contributed by atoms with Crippen LogP contribution in [0.5, 0.6) is 0 Å². The van der Waals surface area contributed by atoms with Gasteiger partial charge in [-0.25, -0.2) is 0 Å². The monoisotopic (exact) mass is 332 g/mol. The quantitative estimate of drug-likeness (QED) is 0.540. The molecule has 0 nitrogen and oxygen atoms in total. The first-order valence-corrected chi connectivity index (χ1v) is 9.35. The molecule has 0 aliphatic heterocycles. The Morgan fingerprint density at radius 3 is 1.92 bits per heavy atom. The number of rotatable bonds is 5. The van der Waals surface area contributed by atoms with Crippen LogP contribution in [0.15, 0.2) is 42.5 Å². The molecule has 0 saturated heterocycles. The van der Waals surface area contributed by atoms with E-state index in [0.29, 0.717) is 5.92 Å². The largest absolute Gasteiger partial charge is 0.119 e. The second-order valence-corrected chi connectivity index (χ2v) is 8.44. The van der Waals surface area contributed by atoms with Gasteiger partial charge in [0.05, 0.1) is 5.41 Å². The van der Waals surface area contributed by atoms with Gasteiger partial charge in [0.15, 0.2) is 0 Å². The molecule has 2 rings (SSSR count). The molecule has 0 heterocycles. The molecule has 132 valence electrons. The molecule has 0 bridgehead atoms. The van der Waals surface area contributed by atoms with Crippen LogP contribution in [0.3, 0.4) is 0 Å². The standard InChI is InChI=1S/C25H32/c1-9-19-15-20(18(3)4)17-23(16-19)25(7,8)22-13-11-21(12-14-22)24(5,6)10-2/h2,11-18H,9H2,1,3-8H3. The summed E-state index contributed by atoms with van der Waals surface area (Å²) in [4.78, 5) is 0. The van der Waals surface area contributed by atoms with E-state index in [-0.39, 0.29) is 10.8 Å². The van der Waals surface area contributed by atoms with Gasteiger partial charge in [-0.2, -0.15) is 0 Å². The topological polar surface area (TPSA) is 0 Å². The minimum absolute atomic E-state index is 0.0341. The average Bonchev–Trinajstić information content (AvgIpc) is 2.61. The van der Waals surface area contributed by atoms with Crippen molar-refractivity contribution in [1.82, 2.24) is 0 Å². The third kappa shape index (κ3) is 3.98. The van der Waals surface area contributed by atoms with E-state index in [4.69, 9.17) is 6.42 Å². The van der Waals surface area contributed by atoms with E-state index in [1.807, 2.05) is 0 Å². The van der Waals surface area contributed by atoms with Gasteiger partial charge in [-0.3, -0.25) is 0 Å². The van der Waals surface area contributed by atoms with Crippen LogP contribution < -0.4 is 0 Å². The van der Waals surface area contributed by atoms with Gasteiger partial charge in [-0.05, 0) is 54.0 Å². The maximum atomic E-state index is 5.68. The van der Waals surface area contributed by atoms with Gasteiger partial charge in [0.1, 0.15) is 0 Å². The van der Waals surface area contributed by atoms with Crippen LogP contribution in [0.4, 0.5) is 0 Å². The van der Waals surface area contributed by atoms with Crippen LogP contribution in [0.25, 0.3) is 0 Å². The van der Waals surface area contributed by atoms with Crippen LogP contribution in [-0.4, -0.2) is 0 Å². The zero-order valence-electron chi connectivity index (χ0n) is 16.9. The average molecular weight is 333 g/mol. The van der Waals surface area contributed by atoms with Gasteiger partial charge in [0.2, 0.25) is 0 Å². The lowest BCUT2D eigenvalue weighted by molar-refractivity contribution is 0.633. The highest BCUT2D eigenvalue weighted by atomic mass is 14.3. The fourth-order valence-electron chi connectivity index (χ4n) is 3.17. The minimum Gasteiger partial charge on any atom is -0.119 e. The highest BCUT2D eigenvalue weighted by molar-refractivity contribution is 5.44. The lowest BCUT2D eigenvalue weighted by Gasteiger charge is -2.29. The van der Waals surface area contributed by atoms with Crippen molar-refractivity contribution in [1.29, 1.82) is 0 Å². The molecule has 0 saturated carbocycles. The van der Waals surface area contributed by atoms with Crippen molar-refractivity contribution in [2.24, 2.45) is 0 Å². The molecule has 0 aliphatic carbocycles. The van der Waals surface area contributed by atoms with Crippen molar-refractivity contribution in [3.63, 3.8) is 0 Å². The van der Waals surface area contributed by atoms with E-state index in [1.165, 1.54) is 27.8 Å². The summed E-state index contributed by atoms with van der Waals surface area (Å²) in [6.45, 7) is 15.6. The SMILES string of the molecule is C#CC(C)(C)c1ccc(C(C)(C)c2cc(CC)cc(C(C)C)c2)cc1. The second-order valence-electron chi connectivity index (χ2n) is 8.44. The number of hydrogen-bond donors (Lipinski definition) is 0. The Labute approximate surface area is 154 Å². The zero-order valence-corrected chi connectivity index (χ0v) is 16.9.